The molecule has 3 aromatic rings. The predicted octanol–water partition coefficient (Wildman–Crippen LogP) is 3.70. The van der Waals surface area contributed by atoms with Gasteiger partial charge in [0.2, 0.25) is 0 Å². The van der Waals surface area contributed by atoms with Gasteiger partial charge in [-0.05, 0) is 48.1 Å². The van der Waals surface area contributed by atoms with Crippen LogP contribution in [0.2, 0.25) is 0 Å². The molecule has 0 fully saturated rings. The third-order valence-electron chi connectivity index (χ3n) is 5.07. The number of benzene rings is 2. The number of nitrogens with one attached hydrogen (secondary N) is 1. The SMILES string of the molecule is CCc1ccc([C@@H]([NH2+]CC(=O)Nc2cc(C(=O)OC)ccc2C)c2cccs2)cc1. The van der Waals surface area contributed by atoms with Crippen molar-refractivity contribution >= 4 is 28.9 Å². The number of carbonyl (C=O) groups excluding carboxylic acids is 2. The minimum absolute atomic E-state index is 0.0594. The molecule has 156 valence electrons. The molecule has 5 nitrogen and oxygen atoms in total. The topological polar surface area (TPSA) is 72.0 Å². The predicted molar refractivity (Wildman–Crippen MR) is 120 cm³/mol. The van der Waals surface area contributed by atoms with Gasteiger partial charge in [0.05, 0.1) is 17.6 Å². The summed E-state index contributed by atoms with van der Waals surface area (Å²) in [4.78, 5) is 25.6. The number of anilines is 1. The number of hydrogen-bond acceptors (Lipinski definition) is 4. The Balaban J connectivity index is 1.71. The largest absolute Gasteiger partial charge is 0.465 e. The molecule has 3 N–H and O–H groups in total. The lowest BCUT2D eigenvalue weighted by Crippen LogP contribution is -2.87. The molecule has 1 aromatic heterocycles. The standard InChI is InChI=1S/C24H26N2O3S/c1-4-17-8-11-18(12-9-17)23(21-6-5-13-30-21)25-15-22(27)26-20-14-19(24(28)29-3)10-7-16(20)2/h5-14,23,25H,4,15H2,1-3H3,(H,26,27)/p+1/t23-/m1/s1. The molecule has 0 bridgehead atoms. The Bertz CT molecular complexity index is 998. The highest BCUT2D eigenvalue weighted by molar-refractivity contribution is 7.10. The molecule has 0 aliphatic heterocycles. The maximum Gasteiger partial charge on any atom is 0.337 e. The normalized spacial score (nSPS) is 11.7. The minimum atomic E-state index is -0.426. The van der Waals surface area contributed by atoms with Gasteiger partial charge in [-0.2, -0.15) is 0 Å². The van der Waals surface area contributed by atoms with Crippen molar-refractivity contribution in [2.75, 3.05) is 19.0 Å². The molecule has 1 heterocycles. The molecule has 3 rings (SSSR count). The van der Waals surface area contributed by atoms with Gasteiger partial charge in [0.15, 0.2) is 6.54 Å². The lowest BCUT2D eigenvalue weighted by Gasteiger charge is -2.16. The Morgan fingerprint density at radius 2 is 1.90 bits per heavy atom. The highest BCUT2D eigenvalue weighted by Crippen LogP contribution is 2.23. The molecular weight excluding hydrogens is 396 g/mol. The van der Waals surface area contributed by atoms with Gasteiger partial charge in [-0.25, -0.2) is 4.79 Å². The van der Waals surface area contributed by atoms with Crippen LogP contribution in [0.25, 0.3) is 0 Å². The lowest BCUT2D eigenvalue weighted by molar-refractivity contribution is -0.675. The molecule has 2 aromatic carbocycles. The molecule has 0 saturated carbocycles. The van der Waals surface area contributed by atoms with Crippen molar-refractivity contribution in [3.63, 3.8) is 0 Å². The summed E-state index contributed by atoms with van der Waals surface area (Å²) in [5.41, 5.74) is 4.39. The lowest BCUT2D eigenvalue weighted by atomic mass is 10.0. The van der Waals surface area contributed by atoms with Crippen molar-refractivity contribution in [2.45, 2.75) is 26.3 Å². The zero-order chi connectivity index (χ0) is 21.5. The number of esters is 1. The van der Waals surface area contributed by atoms with Crippen LogP contribution in [-0.4, -0.2) is 25.5 Å². The van der Waals surface area contributed by atoms with Crippen molar-refractivity contribution < 1.29 is 19.6 Å². The van der Waals surface area contributed by atoms with Crippen LogP contribution in [0.15, 0.2) is 60.0 Å². The van der Waals surface area contributed by atoms with E-state index < -0.39 is 5.97 Å². The van der Waals surface area contributed by atoms with Gasteiger partial charge in [0, 0.05) is 11.3 Å². The second kappa shape index (κ2) is 10.2. The first kappa shape index (κ1) is 21.7. The van der Waals surface area contributed by atoms with E-state index in [0.29, 0.717) is 11.3 Å². The van der Waals surface area contributed by atoms with E-state index in [1.807, 2.05) is 18.3 Å². The van der Waals surface area contributed by atoms with Gasteiger partial charge in [-0.1, -0.05) is 43.3 Å². The number of ether oxygens (including phenoxy) is 1. The van der Waals surface area contributed by atoms with E-state index in [0.717, 1.165) is 12.0 Å². The third-order valence-corrected chi connectivity index (χ3v) is 6.02. The van der Waals surface area contributed by atoms with Gasteiger partial charge in [0.25, 0.3) is 5.91 Å². The monoisotopic (exact) mass is 423 g/mol. The van der Waals surface area contributed by atoms with E-state index >= 15 is 0 Å². The molecule has 30 heavy (non-hydrogen) atoms. The minimum Gasteiger partial charge on any atom is -0.465 e. The first-order chi connectivity index (χ1) is 14.5. The Morgan fingerprint density at radius 1 is 1.13 bits per heavy atom. The van der Waals surface area contributed by atoms with E-state index in [2.05, 4.69) is 48.0 Å². The maximum absolute atomic E-state index is 12.7. The fourth-order valence-electron chi connectivity index (χ4n) is 3.27. The van der Waals surface area contributed by atoms with E-state index in [9.17, 15) is 9.59 Å². The van der Waals surface area contributed by atoms with Crippen LogP contribution in [0.5, 0.6) is 0 Å². The summed E-state index contributed by atoms with van der Waals surface area (Å²) in [6.07, 6.45) is 1.00. The second-order valence-corrected chi connectivity index (χ2v) is 8.08. The van der Waals surface area contributed by atoms with Crippen LogP contribution in [0.4, 0.5) is 5.69 Å². The fourth-order valence-corrected chi connectivity index (χ4v) is 4.12. The number of aryl methyl sites for hydroxylation is 2. The number of thiophene rings is 1. The van der Waals surface area contributed by atoms with Crippen LogP contribution < -0.4 is 10.6 Å². The molecule has 0 spiro atoms. The summed E-state index contributed by atoms with van der Waals surface area (Å²) >= 11 is 1.69. The van der Waals surface area contributed by atoms with Crippen LogP contribution >= 0.6 is 11.3 Å². The number of hydrogen-bond donors (Lipinski definition) is 2. The number of carbonyl (C=O) groups is 2. The van der Waals surface area contributed by atoms with Crippen molar-refractivity contribution in [1.29, 1.82) is 0 Å². The van der Waals surface area contributed by atoms with E-state index in [1.165, 1.54) is 23.1 Å². The van der Waals surface area contributed by atoms with Crippen LogP contribution in [-0.2, 0) is 16.0 Å². The average Bonchev–Trinajstić information content (AvgIpc) is 3.30. The second-order valence-electron chi connectivity index (χ2n) is 7.10. The van der Waals surface area contributed by atoms with Crippen LogP contribution in [0, 0.1) is 6.92 Å². The van der Waals surface area contributed by atoms with Crippen molar-refractivity contribution in [3.05, 3.63) is 87.1 Å². The van der Waals surface area contributed by atoms with Gasteiger partial charge in [-0.3, -0.25) is 4.79 Å². The molecule has 1 atom stereocenters. The Labute approximate surface area is 181 Å². The fraction of sp³-hybridized carbons (Fsp3) is 0.250. The number of nitrogens with two attached hydrogens (primary N) is 1. The summed E-state index contributed by atoms with van der Waals surface area (Å²) in [6, 6.07) is 17.9. The summed E-state index contributed by atoms with van der Waals surface area (Å²) < 4.78 is 4.77. The van der Waals surface area contributed by atoms with Crippen molar-refractivity contribution in [3.8, 4) is 0 Å². The first-order valence-corrected chi connectivity index (χ1v) is 10.8. The van der Waals surface area contributed by atoms with Crippen molar-refractivity contribution in [1.82, 2.24) is 0 Å². The molecule has 0 unspecified atom stereocenters. The van der Waals surface area contributed by atoms with Gasteiger partial charge >= 0.3 is 5.97 Å². The summed E-state index contributed by atoms with van der Waals surface area (Å²) in [7, 11) is 1.34. The van der Waals surface area contributed by atoms with Gasteiger partial charge in [-0.15, -0.1) is 11.3 Å². The zero-order valence-electron chi connectivity index (χ0n) is 17.5. The Kier molecular flexibility index (Phi) is 7.38. The van der Waals surface area contributed by atoms with Crippen LogP contribution in [0.3, 0.4) is 0 Å². The molecule has 6 heteroatoms. The molecule has 0 aliphatic rings. The van der Waals surface area contributed by atoms with Crippen molar-refractivity contribution in [2.24, 2.45) is 0 Å². The zero-order valence-corrected chi connectivity index (χ0v) is 18.3. The molecule has 0 radical (unpaired) electrons. The summed E-state index contributed by atoms with van der Waals surface area (Å²) in [5, 5.41) is 7.02. The van der Waals surface area contributed by atoms with Gasteiger partial charge < -0.3 is 15.4 Å². The first-order valence-electron chi connectivity index (χ1n) is 9.96. The maximum atomic E-state index is 12.7. The van der Waals surface area contributed by atoms with Crippen LogP contribution in [0.1, 0.15) is 44.9 Å². The highest BCUT2D eigenvalue weighted by Gasteiger charge is 2.20. The molecule has 0 aliphatic carbocycles. The average molecular weight is 424 g/mol. The highest BCUT2D eigenvalue weighted by atomic mass is 32.1. The smallest absolute Gasteiger partial charge is 0.337 e. The van der Waals surface area contributed by atoms with E-state index in [4.69, 9.17) is 4.74 Å². The molecular formula is C24H27N2O3S+. The molecule has 1 amide bonds. The Hall–Kier alpha value is -2.96. The van der Waals surface area contributed by atoms with E-state index in [1.54, 1.807) is 29.5 Å². The molecule has 0 saturated heterocycles. The number of methoxy groups -OCH3 is 1. The number of rotatable bonds is 8. The van der Waals surface area contributed by atoms with Gasteiger partial charge in [0.1, 0.15) is 6.04 Å². The Morgan fingerprint density at radius 3 is 2.53 bits per heavy atom. The quantitative estimate of drug-likeness (QED) is 0.543. The summed E-state index contributed by atoms with van der Waals surface area (Å²) in [6.45, 7) is 4.30. The number of amides is 1. The third kappa shape index (κ3) is 5.34. The summed E-state index contributed by atoms with van der Waals surface area (Å²) in [5.74, 6) is -0.544. The van der Waals surface area contributed by atoms with E-state index in [-0.39, 0.29) is 18.5 Å². The number of quaternary nitrogens is 1.